The summed E-state index contributed by atoms with van der Waals surface area (Å²) in [6, 6.07) is 10.1. The van der Waals surface area contributed by atoms with Crippen molar-refractivity contribution in [2.45, 2.75) is 12.3 Å². The minimum Gasteiger partial charge on any atom is -0.493 e. The third-order valence-corrected chi connectivity index (χ3v) is 6.02. The van der Waals surface area contributed by atoms with E-state index >= 15 is 0 Å². The van der Waals surface area contributed by atoms with Gasteiger partial charge in [0.15, 0.2) is 11.5 Å². The molecule has 0 radical (unpaired) electrons. The van der Waals surface area contributed by atoms with E-state index in [0.717, 1.165) is 5.56 Å². The molecule has 0 atom stereocenters. The van der Waals surface area contributed by atoms with Crippen LogP contribution in [0.5, 0.6) is 11.5 Å². The highest BCUT2D eigenvalue weighted by atomic mass is 35.5. The molecule has 8 heteroatoms. The Morgan fingerprint density at radius 2 is 1.68 bits per heavy atom. The van der Waals surface area contributed by atoms with Gasteiger partial charge < -0.3 is 9.47 Å². The Morgan fingerprint density at radius 3 is 2.28 bits per heavy atom. The van der Waals surface area contributed by atoms with Crippen molar-refractivity contribution in [3.63, 3.8) is 0 Å². The van der Waals surface area contributed by atoms with Gasteiger partial charge >= 0.3 is 0 Å². The molecule has 2 rings (SSSR count). The molecule has 0 amide bonds. The highest BCUT2D eigenvalue weighted by Crippen LogP contribution is 2.29. The first-order valence-electron chi connectivity index (χ1n) is 7.35. The molecule has 0 saturated carbocycles. The van der Waals surface area contributed by atoms with Gasteiger partial charge in [-0.15, -0.1) is 0 Å². The van der Waals surface area contributed by atoms with Gasteiger partial charge in [-0.2, -0.15) is 0 Å². The van der Waals surface area contributed by atoms with E-state index in [9.17, 15) is 8.42 Å². The fourth-order valence-corrected chi connectivity index (χ4v) is 4.05. The molecule has 0 aliphatic heterocycles. The van der Waals surface area contributed by atoms with Crippen LogP contribution < -0.4 is 9.47 Å². The monoisotopic (exact) mass is 403 g/mol. The number of ether oxygens (including phenoxy) is 2. The second-order valence-corrected chi connectivity index (χ2v) is 8.36. The molecule has 0 unspecified atom stereocenters. The standard InChI is InChI=1S/C17H19Cl2NO4S/c1-20(10-12-4-7-16(23-2)17(8-12)24-3)25(21,22)11-13-5-6-14(18)9-15(13)19/h4-9H,10-11H2,1-3H3. The van der Waals surface area contributed by atoms with Crippen molar-refractivity contribution >= 4 is 33.2 Å². The molecule has 0 aliphatic carbocycles. The Balaban J connectivity index is 2.17. The molecule has 0 aromatic heterocycles. The van der Waals surface area contributed by atoms with Crippen LogP contribution >= 0.6 is 23.2 Å². The van der Waals surface area contributed by atoms with Crippen LogP contribution in [0, 0.1) is 0 Å². The number of benzene rings is 2. The molecule has 5 nitrogen and oxygen atoms in total. The zero-order chi connectivity index (χ0) is 18.6. The van der Waals surface area contributed by atoms with Crippen molar-refractivity contribution in [2.75, 3.05) is 21.3 Å². The van der Waals surface area contributed by atoms with Gasteiger partial charge in [0.05, 0.1) is 20.0 Å². The van der Waals surface area contributed by atoms with Crippen LogP contribution in [-0.2, 0) is 22.3 Å². The summed E-state index contributed by atoms with van der Waals surface area (Å²) in [5.74, 6) is 0.934. The van der Waals surface area contributed by atoms with E-state index in [0.29, 0.717) is 27.1 Å². The van der Waals surface area contributed by atoms with Gasteiger partial charge in [0, 0.05) is 23.6 Å². The number of methoxy groups -OCH3 is 2. The van der Waals surface area contributed by atoms with Crippen molar-refractivity contribution in [3.05, 3.63) is 57.6 Å². The lowest BCUT2D eigenvalue weighted by molar-refractivity contribution is 0.354. The van der Waals surface area contributed by atoms with Crippen LogP contribution in [0.1, 0.15) is 11.1 Å². The first-order chi connectivity index (χ1) is 11.8. The smallest absolute Gasteiger partial charge is 0.218 e. The Hall–Kier alpha value is -1.47. The number of halogens is 2. The Morgan fingerprint density at radius 1 is 1.00 bits per heavy atom. The van der Waals surface area contributed by atoms with E-state index in [2.05, 4.69) is 0 Å². The average molecular weight is 404 g/mol. The lowest BCUT2D eigenvalue weighted by atomic mass is 10.2. The molecule has 2 aromatic carbocycles. The van der Waals surface area contributed by atoms with Crippen LogP contribution in [0.4, 0.5) is 0 Å². The summed E-state index contributed by atoms with van der Waals surface area (Å²) in [5.41, 5.74) is 1.29. The van der Waals surface area contributed by atoms with E-state index in [-0.39, 0.29) is 12.3 Å². The lowest BCUT2D eigenvalue weighted by Crippen LogP contribution is -2.27. The predicted molar refractivity (Wildman–Crippen MR) is 100 cm³/mol. The van der Waals surface area contributed by atoms with E-state index in [1.165, 1.54) is 24.5 Å². The Bertz CT molecular complexity index is 856. The molecular weight excluding hydrogens is 385 g/mol. The second kappa shape index (κ2) is 8.27. The minimum absolute atomic E-state index is 0.202. The van der Waals surface area contributed by atoms with Crippen molar-refractivity contribution in [3.8, 4) is 11.5 Å². The molecule has 0 bridgehead atoms. The zero-order valence-electron chi connectivity index (χ0n) is 14.1. The van der Waals surface area contributed by atoms with Crippen LogP contribution in [0.2, 0.25) is 10.0 Å². The summed E-state index contributed by atoms with van der Waals surface area (Å²) in [4.78, 5) is 0. The van der Waals surface area contributed by atoms with Crippen molar-refractivity contribution in [2.24, 2.45) is 0 Å². The molecule has 0 N–H and O–H groups in total. The van der Waals surface area contributed by atoms with Crippen molar-refractivity contribution in [1.29, 1.82) is 0 Å². The summed E-state index contributed by atoms with van der Waals surface area (Å²) in [5, 5.41) is 0.792. The van der Waals surface area contributed by atoms with Gasteiger partial charge in [-0.05, 0) is 35.4 Å². The summed E-state index contributed by atoms with van der Waals surface area (Å²) in [6.07, 6.45) is 0. The maximum absolute atomic E-state index is 12.6. The van der Waals surface area contributed by atoms with Gasteiger partial charge in [-0.25, -0.2) is 12.7 Å². The fourth-order valence-electron chi connectivity index (χ4n) is 2.28. The zero-order valence-corrected chi connectivity index (χ0v) is 16.5. The number of sulfonamides is 1. The van der Waals surface area contributed by atoms with Crippen LogP contribution in [0.15, 0.2) is 36.4 Å². The maximum atomic E-state index is 12.6. The van der Waals surface area contributed by atoms with Gasteiger partial charge in [0.2, 0.25) is 10.0 Å². The first kappa shape index (κ1) is 19.8. The largest absolute Gasteiger partial charge is 0.493 e. The fraction of sp³-hybridized carbons (Fsp3) is 0.294. The molecule has 2 aromatic rings. The second-order valence-electron chi connectivity index (χ2n) is 5.44. The van der Waals surface area contributed by atoms with Crippen molar-refractivity contribution in [1.82, 2.24) is 4.31 Å². The molecule has 0 heterocycles. The number of nitrogens with zero attached hydrogens (tertiary/aromatic N) is 1. The van der Waals surface area contributed by atoms with E-state index in [1.807, 2.05) is 0 Å². The molecule has 136 valence electrons. The predicted octanol–water partition coefficient (Wildman–Crippen LogP) is 3.97. The normalized spacial score (nSPS) is 11.6. The Labute approximate surface area is 158 Å². The van der Waals surface area contributed by atoms with Crippen LogP contribution in [0.25, 0.3) is 0 Å². The summed E-state index contributed by atoms with van der Waals surface area (Å²) in [6.45, 7) is 0.202. The lowest BCUT2D eigenvalue weighted by Gasteiger charge is -2.18. The summed E-state index contributed by atoms with van der Waals surface area (Å²) >= 11 is 11.9. The highest BCUT2D eigenvalue weighted by Gasteiger charge is 2.21. The average Bonchev–Trinajstić information content (AvgIpc) is 2.57. The highest BCUT2D eigenvalue weighted by molar-refractivity contribution is 7.88. The van der Waals surface area contributed by atoms with E-state index in [4.69, 9.17) is 32.7 Å². The van der Waals surface area contributed by atoms with Gasteiger partial charge in [-0.1, -0.05) is 35.3 Å². The van der Waals surface area contributed by atoms with Gasteiger partial charge in [0.1, 0.15) is 0 Å². The molecular formula is C17H19Cl2NO4S. The molecule has 0 spiro atoms. The topological polar surface area (TPSA) is 55.8 Å². The van der Waals surface area contributed by atoms with E-state index in [1.54, 1.807) is 37.4 Å². The quantitative estimate of drug-likeness (QED) is 0.701. The maximum Gasteiger partial charge on any atom is 0.218 e. The molecule has 0 aliphatic rings. The van der Waals surface area contributed by atoms with Crippen LogP contribution in [-0.4, -0.2) is 34.0 Å². The van der Waals surface area contributed by atoms with E-state index < -0.39 is 10.0 Å². The van der Waals surface area contributed by atoms with Gasteiger partial charge in [-0.3, -0.25) is 0 Å². The first-order valence-corrected chi connectivity index (χ1v) is 9.72. The third-order valence-electron chi connectivity index (χ3n) is 3.68. The molecule has 25 heavy (non-hydrogen) atoms. The SMILES string of the molecule is COc1ccc(CN(C)S(=O)(=O)Cc2ccc(Cl)cc2Cl)cc1OC. The minimum atomic E-state index is -3.55. The van der Waals surface area contributed by atoms with Crippen molar-refractivity contribution < 1.29 is 17.9 Å². The third kappa shape index (κ3) is 5.01. The Kier molecular flexibility index (Phi) is 6.57. The molecule has 0 fully saturated rings. The summed E-state index contributed by atoms with van der Waals surface area (Å²) in [7, 11) is 1.05. The number of hydrogen-bond acceptors (Lipinski definition) is 4. The molecule has 0 saturated heterocycles. The van der Waals surface area contributed by atoms with Crippen LogP contribution in [0.3, 0.4) is 0 Å². The van der Waals surface area contributed by atoms with Gasteiger partial charge in [0.25, 0.3) is 0 Å². The number of rotatable bonds is 7. The summed E-state index contributed by atoms with van der Waals surface area (Å²) < 4.78 is 36.9. The number of hydrogen-bond donors (Lipinski definition) is 0.